The first-order valence-corrected chi connectivity index (χ1v) is 18.5. The second-order valence-corrected chi connectivity index (χ2v) is 14.7. The van der Waals surface area contributed by atoms with Crippen LogP contribution in [0.5, 0.6) is 0 Å². The van der Waals surface area contributed by atoms with Gasteiger partial charge in [-0.1, -0.05) is 126 Å². The molecule has 6 aromatic carbocycles. The van der Waals surface area contributed by atoms with Gasteiger partial charge < -0.3 is 9.80 Å². The molecule has 4 heterocycles. The smallest absolute Gasteiger partial charge is 0.249 e. The van der Waals surface area contributed by atoms with Crippen LogP contribution in [0.15, 0.2) is 174 Å². The Kier molecular flexibility index (Phi) is 6.47. The van der Waals surface area contributed by atoms with Crippen molar-refractivity contribution >= 4 is 97.4 Å². The highest BCUT2D eigenvalue weighted by Gasteiger charge is 2.47. The lowest BCUT2D eigenvalue weighted by atomic mass is 9.31. The summed E-state index contributed by atoms with van der Waals surface area (Å²) in [7, 11) is 0. The Hall–Kier alpha value is -5.78. The quantitative estimate of drug-likeness (QED) is 0.199. The maximum atomic E-state index is 4.94. The van der Waals surface area contributed by atoms with Crippen LogP contribution in [-0.2, 0) is 0 Å². The minimum Gasteiger partial charge on any atom is -0.316 e. The van der Waals surface area contributed by atoms with Gasteiger partial charge in [0.2, 0.25) is 13.4 Å². The number of hydrogen-bond donors (Lipinski definition) is 0. The number of benzene rings is 6. The predicted octanol–water partition coefficient (Wildman–Crippen LogP) is 6.60. The van der Waals surface area contributed by atoms with Gasteiger partial charge in [-0.15, -0.1) is 0 Å². The Morgan fingerprint density at radius 1 is 0.569 bits per heavy atom. The van der Waals surface area contributed by atoms with Crippen LogP contribution < -0.4 is 42.6 Å². The van der Waals surface area contributed by atoms with E-state index in [2.05, 4.69) is 155 Å². The zero-order valence-corrected chi connectivity index (χ0v) is 28.6. The summed E-state index contributed by atoms with van der Waals surface area (Å²) in [6, 6.07) is 47.1. The van der Waals surface area contributed by atoms with Crippen LogP contribution in [0.2, 0.25) is 0 Å². The van der Waals surface area contributed by atoms with E-state index < -0.39 is 0 Å². The van der Waals surface area contributed by atoms with Gasteiger partial charge in [0.15, 0.2) is 0 Å². The van der Waals surface area contributed by atoms with Crippen molar-refractivity contribution in [2.45, 2.75) is 22.6 Å². The molecule has 1 aliphatic carbocycles. The molecule has 0 saturated heterocycles. The van der Waals surface area contributed by atoms with Gasteiger partial charge in [0.25, 0.3) is 0 Å². The molecule has 0 radical (unpaired) electrons. The van der Waals surface area contributed by atoms with Crippen LogP contribution in [0.3, 0.4) is 0 Å². The topological polar surface area (TPSA) is 32.3 Å². The van der Waals surface area contributed by atoms with Crippen LogP contribution in [0, 0.1) is 0 Å². The monoisotopic (exact) mass is 668 g/mol. The normalized spacial score (nSPS) is 15.1. The molecule has 0 spiro atoms. The van der Waals surface area contributed by atoms with Gasteiger partial charge in [-0.05, 0) is 77.2 Å². The van der Waals surface area contributed by atoms with Crippen molar-refractivity contribution in [3.05, 3.63) is 164 Å². The van der Waals surface area contributed by atoms with Crippen LogP contribution in [0.25, 0.3) is 11.0 Å². The molecule has 238 valence electrons. The Morgan fingerprint density at radius 2 is 1.27 bits per heavy atom. The number of aromatic nitrogens is 2. The highest BCUT2D eigenvalue weighted by molar-refractivity contribution is 8.00. The van der Waals surface area contributed by atoms with Gasteiger partial charge in [0.05, 0.1) is 11.2 Å². The van der Waals surface area contributed by atoms with Crippen molar-refractivity contribution in [3.63, 3.8) is 0 Å². The van der Waals surface area contributed by atoms with Gasteiger partial charge in [0.1, 0.15) is 5.52 Å². The Bertz CT molecular complexity index is 2610. The molecule has 3 aliphatic heterocycles. The lowest BCUT2D eigenvalue weighted by Gasteiger charge is -2.46. The van der Waals surface area contributed by atoms with Crippen molar-refractivity contribution < 1.29 is 0 Å². The second-order valence-electron chi connectivity index (χ2n) is 13.6. The van der Waals surface area contributed by atoms with Gasteiger partial charge in [0, 0.05) is 50.6 Å². The van der Waals surface area contributed by atoms with Crippen LogP contribution in [0.4, 0.5) is 28.4 Å². The molecule has 0 fully saturated rings. The zero-order chi connectivity index (χ0) is 33.5. The molecule has 4 nitrogen and oxygen atoms in total. The summed E-state index contributed by atoms with van der Waals surface area (Å²) in [5, 5.41) is 0. The summed E-state index contributed by atoms with van der Waals surface area (Å²) >= 11 is 1.91. The molecule has 0 amide bonds. The first-order valence-electron chi connectivity index (χ1n) is 17.7. The summed E-state index contributed by atoms with van der Waals surface area (Å²) in [6.07, 6.45) is 12.5. The number of para-hydroxylation sites is 3. The van der Waals surface area contributed by atoms with Gasteiger partial charge in [-0.2, -0.15) is 0 Å². The molecule has 0 bridgehead atoms. The van der Waals surface area contributed by atoms with E-state index in [1.54, 1.807) is 6.20 Å². The van der Waals surface area contributed by atoms with E-state index in [1.165, 1.54) is 71.0 Å². The van der Waals surface area contributed by atoms with Crippen LogP contribution in [0.1, 0.15) is 12.8 Å². The van der Waals surface area contributed by atoms with E-state index in [0.717, 1.165) is 29.6 Å². The summed E-state index contributed by atoms with van der Waals surface area (Å²) in [6.45, 7) is 0.126. The molecular weight excluding hydrogens is 638 g/mol. The van der Waals surface area contributed by atoms with Gasteiger partial charge >= 0.3 is 0 Å². The summed E-state index contributed by atoms with van der Waals surface area (Å²) in [5.74, 6) is 0. The molecule has 7 aromatic rings. The maximum Gasteiger partial charge on any atom is 0.249 e. The number of anilines is 5. The van der Waals surface area contributed by atoms with E-state index in [4.69, 9.17) is 9.97 Å². The van der Waals surface area contributed by atoms with E-state index in [9.17, 15) is 0 Å². The van der Waals surface area contributed by atoms with Crippen molar-refractivity contribution in [3.8, 4) is 0 Å². The van der Waals surface area contributed by atoms with Crippen molar-refractivity contribution in [1.82, 2.24) is 9.97 Å². The summed E-state index contributed by atoms with van der Waals surface area (Å²) < 4.78 is 0. The number of allylic oxidation sites excluding steroid dienone is 4. The fourth-order valence-corrected chi connectivity index (χ4v) is 10.1. The lowest BCUT2D eigenvalue weighted by molar-refractivity contribution is 0.919. The average Bonchev–Trinajstić information content (AvgIpc) is 3.20. The first-order chi connectivity index (χ1) is 25.3. The maximum absolute atomic E-state index is 4.94. The third-order valence-electron chi connectivity index (χ3n) is 10.9. The fourth-order valence-electron chi connectivity index (χ4n) is 8.91. The van der Waals surface area contributed by atoms with E-state index in [0.29, 0.717) is 0 Å². The Labute approximate surface area is 302 Å². The summed E-state index contributed by atoms with van der Waals surface area (Å²) in [5.41, 5.74) is 17.1. The van der Waals surface area contributed by atoms with Crippen molar-refractivity contribution in [2.75, 3.05) is 9.80 Å². The van der Waals surface area contributed by atoms with Crippen LogP contribution in [-0.4, -0.2) is 23.4 Å². The molecule has 51 heavy (non-hydrogen) atoms. The molecule has 0 unspecified atom stereocenters. The van der Waals surface area contributed by atoms with E-state index >= 15 is 0 Å². The minimum atomic E-state index is 0.00493. The third kappa shape index (κ3) is 4.25. The second kappa shape index (κ2) is 11.4. The molecule has 7 heteroatoms. The molecule has 1 aromatic heterocycles. The molecule has 11 rings (SSSR count). The largest absolute Gasteiger partial charge is 0.316 e. The Balaban J connectivity index is 1.32. The predicted molar refractivity (Wildman–Crippen MR) is 216 cm³/mol. The average molecular weight is 668 g/mol. The highest BCUT2D eigenvalue weighted by atomic mass is 32.2. The molecule has 0 saturated carbocycles. The fraction of sp³-hybridized carbons (Fsp3) is 0.0455. The number of rotatable bonds is 3. The molecule has 0 N–H and O–H groups in total. The molecule has 4 aliphatic rings. The number of fused-ring (bicyclic) bond motifs is 8. The SMILES string of the molecule is C1=CCCC(N2c3ccccc3B3c4ccccc4Sc4cc5c(c2c43)B(c2ccccc2)c2ccccc2N5c2cccc3nccnc23)=C1. The van der Waals surface area contributed by atoms with E-state index in [-0.39, 0.29) is 13.4 Å². The van der Waals surface area contributed by atoms with E-state index in [1.807, 2.05) is 18.0 Å². The first kappa shape index (κ1) is 29.0. The summed E-state index contributed by atoms with van der Waals surface area (Å²) in [4.78, 5) is 17.4. The highest BCUT2D eigenvalue weighted by Crippen LogP contribution is 2.46. The van der Waals surface area contributed by atoms with Crippen molar-refractivity contribution in [2.24, 2.45) is 0 Å². The minimum absolute atomic E-state index is 0.00493. The van der Waals surface area contributed by atoms with Gasteiger partial charge in [-0.3, -0.25) is 9.97 Å². The molecular formula is C44H30B2N4S. The number of nitrogens with zero attached hydrogens (tertiary/aromatic N) is 4. The number of hydrogen-bond acceptors (Lipinski definition) is 5. The third-order valence-corrected chi connectivity index (χ3v) is 12.1. The molecule has 0 atom stereocenters. The zero-order valence-electron chi connectivity index (χ0n) is 27.8. The standard InChI is InChI=1S/C44H30B2N4S/c1-3-14-29(15-4-1)45-31-18-7-11-23-36(31)50(37-24-13-21-34-43(37)48-27-26-47-34)38-28-40-42-44(41(38)45)49(30-16-5-2-6-17-30)35-22-10-8-19-32(35)46(42)33-20-9-12-25-39(33)51-40/h1-5,7-16,18-28H,6,17H2. The Morgan fingerprint density at radius 3 is 2.10 bits per heavy atom. The van der Waals surface area contributed by atoms with Crippen molar-refractivity contribution in [1.29, 1.82) is 0 Å². The lowest BCUT2D eigenvalue weighted by Crippen LogP contribution is -2.65. The van der Waals surface area contributed by atoms with Crippen LogP contribution >= 0.6 is 11.8 Å². The van der Waals surface area contributed by atoms with Gasteiger partial charge in [-0.25, -0.2) is 0 Å².